The third-order valence-corrected chi connectivity index (χ3v) is 7.76. The summed E-state index contributed by atoms with van der Waals surface area (Å²) in [6, 6.07) is 0. The highest BCUT2D eigenvalue weighted by atomic mass is 19.2. The second kappa shape index (κ2) is 11.4. The molecule has 2 nitrogen and oxygen atoms in total. The predicted molar refractivity (Wildman–Crippen MR) is 110 cm³/mol. The average molecular weight is 419 g/mol. The highest BCUT2D eigenvalue weighted by Gasteiger charge is 2.53. The Bertz CT molecular complexity index is 467. The van der Waals surface area contributed by atoms with Crippen molar-refractivity contribution in [2.24, 2.45) is 23.7 Å². The van der Waals surface area contributed by atoms with Gasteiger partial charge in [-0.3, -0.25) is 0 Å². The zero-order valence-electron chi connectivity index (χ0n) is 18.3. The molecule has 0 N–H and O–H groups in total. The lowest BCUT2D eigenvalue weighted by Crippen LogP contribution is -2.55. The Labute approximate surface area is 175 Å². The molecule has 5 heteroatoms. The Hall–Kier alpha value is -0.290. The van der Waals surface area contributed by atoms with Crippen molar-refractivity contribution in [1.29, 1.82) is 0 Å². The summed E-state index contributed by atoms with van der Waals surface area (Å²) in [6.45, 7) is 4.98. The van der Waals surface area contributed by atoms with Crippen molar-refractivity contribution in [2.75, 3.05) is 13.2 Å². The number of hydrogen-bond acceptors (Lipinski definition) is 2. The zero-order valence-corrected chi connectivity index (χ0v) is 18.3. The molecule has 7 atom stereocenters. The maximum absolute atomic E-state index is 14.8. The van der Waals surface area contributed by atoms with Crippen LogP contribution < -0.4 is 0 Å². The lowest BCUT2D eigenvalue weighted by atomic mass is 9.66. The summed E-state index contributed by atoms with van der Waals surface area (Å²) in [4.78, 5) is 0. The van der Waals surface area contributed by atoms with E-state index < -0.39 is 36.6 Å². The van der Waals surface area contributed by atoms with Gasteiger partial charge >= 0.3 is 0 Å². The van der Waals surface area contributed by atoms with Crippen molar-refractivity contribution in [3.63, 3.8) is 0 Å². The van der Waals surface area contributed by atoms with E-state index in [1.54, 1.807) is 0 Å². The van der Waals surface area contributed by atoms with Crippen LogP contribution in [0.1, 0.15) is 84.5 Å². The molecule has 0 heterocycles. The van der Waals surface area contributed by atoms with Crippen molar-refractivity contribution in [1.82, 2.24) is 0 Å². The van der Waals surface area contributed by atoms with Crippen LogP contribution in [0.4, 0.5) is 13.2 Å². The van der Waals surface area contributed by atoms with Crippen LogP contribution in [0.5, 0.6) is 0 Å². The number of alkyl halides is 3. The molecule has 29 heavy (non-hydrogen) atoms. The number of hydrogen-bond donors (Lipinski definition) is 0. The number of rotatable bonds is 9. The molecule has 3 aliphatic rings. The molecule has 0 aliphatic heterocycles. The van der Waals surface area contributed by atoms with Crippen molar-refractivity contribution in [2.45, 2.75) is 115 Å². The molecule has 0 aromatic heterocycles. The molecule has 3 saturated carbocycles. The van der Waals surface area contributed by atoms with E-state index in [2.05, 4.69) is 6.92 Å². The van der Waals surface area contributed by atoms with Gasteiger partial charge in [0.2, 0.25) is 0 Å². The maximum atomic E-state index is 14.8. The van der Waals surface area contributed by atoms with Gasteiger partial charge in [0.25, 0.3) is 0 Å². The van der Waals surface area contributed by atoms with Crippen molar-refractivity contribution >= 4 is 0 Å². The summed E-state index contributed by atoms with van der Waals surface area (Å²) in [5, 5.41) is 0. The minimum absolute atomic E-state index is 0.136. The van der Waals surface area contributed by atoms with Gasteiger partial charge in [-0.25, -0.2) is 13.2 Å². The average Bonchev–Trinajstić information content (AvgIpc) is 2.72. The smallest absolute Gasteiger partial charge is 0.157 e. The molecular weight excluding hydrogens is 377 g/mol. The fourth-order valence-electron chi connectivity index (χ4n) is 5.97. The summed E-state index contributed by atoms with van der Waals surface area (Å²) in [7, 11) is 0. The quantitative estimate of drug-likeness (QED) is 0.392. The van der Waals surface area contributed by atoms with Crippen LogP contribution in [0.3, 0.4) is 0 Å². The van der Waals surface area contributed by atoms with Crippen LogP contribution in [0.2, 0.25) is 0 Å². The predicted octanol–water partition coefficient (Wildman–Crippen LogP) is 6.61. The zero-order chi connectivity index (χ0) is 20.8. The fraction of sp³-hybridized carbons (Fsp3) is 1.00. The summed E-state index contributed by atoms with van der Waals surface area (Å²) in [6.07, 6.45) is 5.49. The second-order valence-corrected chi connectivity index (χ2v) is 9.73. The third-order valence-electron chi connectivity index (χ3n) is 7.76. The Balaban J connectivity index is 1.44. The molecule has 3 rings (SSSR count). The van der Waals surface area contributed by atoms with Gasteiger partial charge in [0, 0.05) is 19.1 Å². The molecule has 0 aromatic carbocycles. The minimum Gasteiger partial charge on any atom is -0.375 e. The molecule has 7 unspecified atom stereocenters. The van der Waals surface area contributed by atoms with Crippen LogP contribution in [0.25, 0.3) is 0 Å². The summed E-state index contributed by atoms with van der Waals surface area (Å²) in [5.74, 6) is 0.277. The van der Waals surface area contributed by atoms with E-state index in [1.807, 2.05) is 6.92 Å². The first-order valence-corrected chi connectivity index (χ1v) is 12.2. The molecule has 0 spiro atoms. The Morgan fingerprint density at radius 1 is 0.724 bits per heavy atom. The van der Waals surface area contributed by atoms with Gasteiger partial charge in [-0.2, -0.15) is 0 Å². The van der Waals surface area contributed by atoms with Gasteiger partial charge in [-0.05, 0) is 56.8 Å². The van der Waals surface area contributed by atoms with Gasteiger partial charge < -0.3 is 9.47 Å². The Morgan fingerprint density at radius 2 is 1.45 bits per heavy atom. The van der Waals surface area contributed by atoms with E-state index in [1.165, 1.54) is 38.5 Å². The first-order chi connectivity index (χ1) is 14.0. The minimum atomic E-state index is -1.79. The molecule has 3 fully saturated rings. The van der Waals surface area contributed by atoms with Gasteiger partial charge in [0.1, 0.15) is 12.3 Å². The number of fused-ring (bicyclic) bond motifs is 1. The van der Waals surface area contributed by atoms with E-state index in [-0.39, 0.29) is 5.92 Å². The number of unbranched alkanes of at least 4 members (excludes halogenated alkanes) is 2. The SMILES string of the molecule is CCCCCC1CCC(COC2CC3CCC(OCC)C(F)C3C(F)C2F)CC1. The van der Waals surface area contributed by atoms with Gasteiger partial charge in [-0.15, -0.1) is 0 Å². The highest BCUT2D eigenvalue weighted by Crippen LogP contribution is 2.46. The topological polar surface area (TPSA) is 18.5 Å². The molecule has 0 radical (unpaired) electrons. The van der Waals surface area contributed by atoms with Crippen LogP contribution >= 0.6 is 0 Å². The largest absolute Gasteiger partial charge is 0.375 e. The van der Waals surface area contributed by atoms with Crippen LogP contribution in [0, 0.1) is 23.7 Å². The van der Waals surface area contributed by atoms with E-state index in [4.69, 9.17) is 9.47 Å². The molecular formula is C24H41F3O2. The molecule has 0 saturated heterocycles. The van der Waals surface area contributed by atoms with E-state index in [9.17, 15) is 13.2 Å². The first-order valence-electron chi connectivity index (χ1n) is 12.2. The van der Waals surface area contributed by atoms with Crippen LogP contribution in [0.15, 0.2) is 0 Å². The maximum Gasteiger partial charge on any atom is 0.157 e. The lowest BCUT2D eigenvalue weighted by molar-refractivity contribution is -0.153. The van der Waals surface area contributed by atoms with Crippen molar-refractivity contribution in [3.8, 4) is 0 Å². The van der Waals surface area contributed by atoms with Crippen LogP contribution in [-0.4, -0.2) is 43.9 Å². The molecule has 0 aromatic rings. The fourth-order valence-corrected chi connectivity index (χ4v) is 5.97. The Morgan fingerprint density at radius 3 is 2.14 bits per heavy atom. The van der Waals surface area contributed by atoms with Gasteiger partial charge in [0.05, 0.1) is 12.2 Å². The summed E-state index contributed by atoms with van der Waals surface area (Å²) in [5.41, 5.74) is 0. The lowest BCUT2D eigenvalue weighted by Gasteiger charge is -2.47. The van der Waals surface area contributed by atoms with Crippen molar-refractivity contribution < 1.29 is 22.6 Å². The molecule has 0 bridgehead atoms. The van der Waals surface area contributed by atoms with E-state index in [0.717, 1.165) is 18.8 Å². The second-order valence-electron chi connectivity index (χ2n) is 9.73. The summed E-state index contributed by atoms with van der Waals surface area (Å²) >= 11 is 0. The molecule has 3 aliphatic carbocycles. The van der Waals surface area contributed by atoms with Crippen molar-refractivity contribution in [3.05, 3.63) is 0 Å². The van der Waals surface area contributed by atoms with Gasteiger partial charge in [-0.1, -0.05) is 45.4 Å². The normalized spacial score (nSPS) is 43.1. The van der Waals surface area contributed by atoms with Crippen LogP contribution in [-0.2, 0) is 9.47 Å². The monoisotopic (exact) mass is 418 g/mol. The van der Waals surface area contributed by atoms with E-state index in [0.29, 0.717) is 38.4 Å². The highest BCUT2D eigenvalue weighted by molar-refractivity contribution is 5.01. The van der Waals surface area contributed by atoms with Gasteiger partial charge in [0.15, 0.2) is 6.17 Å². The third kappa shape index (κ3) is 5.90. The first kappa shape index (κ1) is 23.4. The standard InChI is InChI=1S/C24H41F3O2/c1-3-5-6-7-16-8-10-17(11-9-16)15-29-20-14-18-12-13-19(28-4-2)22(25)21(18)24(27)23(20)26/h16-24H,3-15H2,1-2H3. The molecule has 170 valence electrons. The summed E-state index contributed by atoms with van der Waals surface area (Å²) < 4.78 is 55.7. The molecule has 0 amide bonds. The Kier molecular flexibility index (Phi) is 9.16. The number of ether oxygens (including phenoxy) is 2. The number of halogens is 3. The van der Waals surface area contributed by atoms with E-state index >= 15 is 0 Å².